The van der Waals surface area contributed by atoms with Crippen molar-refractivity contribution in [1.29, 1.82) is 0 Å². The zero-order valence-electron chi connectivity index (χ0n) is 10.5. The van der Waals surface area contributed by atoms with Crippen molar-refractivity contribution in [2.24, 2.45) is 0 Å². The van der Waals surface area contributed by atoms with Gasteiger partial charge < -0.3 is 10.2 Å². The van der Waals surface area contributed by atoms with Crippen LogP contribution in [0.4, 0.5) is 20.2 Å². The van der Waals surface area contributed by atoms with Crippen LogP contribution in [0.2, 0.25) is 0 Å². The minimum atomic E-state index is -2.73. The summed E-state index contributed by atoms with van der Waals surface area (Å²) in [5.74, 6) is 0. The van der Waals surface area contributed by atoms with E-state index >= 15 is 0 Å². The van der Waals surface area contributed by atoms with Crippen LogP contribution in [0.1, 0.15) is 18.4 Å². The molecule has 0 spiro atoms. The van der Waals surface area contributed by atoms with Gasteiger partial charge >= 0.3 is 0 Å². The smallest absolute Gasteiger partial charge is 0.270 e. The number of nitro benzene ring substituents is 1. The molecule has 0 radical (unpaired) electrons. The summed E-state index contributed by atoms with van der Waals surface area (Å²) in [6, 6.07) is 3.76. The highest BCUT2D eigenvalue weighted by Gasteiger charge is 2.25. The van der Waals surface area contributed by atoms with Gasteiger partial charge in [0.1, 0.15) is 0 Å². The predicted octanol–water partition coefficient (Wildman–Crippen LogP) is 2.33. The number of anilines is 1. The third kappa shape index (κ3) is 2.81. The van der Waals surface area contributed by atoms with Gasteiger partial charge in [0.05, 0.1) is 4.92 Å². The average molecular weight is 271 g/mol. The zero-order chi connectivity index (χ0) is 14.0. The number of benzene rings is 1. The van der Waals surface area contributed by atoms with Gasteiger partial charge in [-0.3, -0.25) is 10.1 Å². The maximum absolute atomic E-state index is 13.1. The van der Waals surface area contributed by atoms with Crippen molar-refractivity contribution < 1.29 is 13.7 Å². The number of likely N-dealkylation sites (N-methyl/N-ethyl adjacent to an activating group) is 1. The van der Waals surface area contributed by atoms with Gasteiger partial charge in [-0.2, -0.15) is 0 Å². The fourth-order valence-electron chi connectivity index (χ4n) is 2.32. The standard InChI is InChI=1S/C12H15F2N3O2/c1-16(9-4-5-15-7-9)11-3-2-8(17(18)19)6-10(11)12(13)14/h2-3,6,9,12,15H,4-5,7H2,1H3. The molecule has 0 amide bonds. The number of alkyl halides is 2. The van der Waals surface area contributed by atoms with E-state index < -0.39 is 11.3 Å². The summed E-state index contributed by atoms with van der Waals surface area (Å²) in [4.78, 5) is 11.8. The average Bonchev–Trinajstić information content (AvgIpc) is 2.90. The zero-order valence-corrected chi connectivity index (χ0v) is 10.5. The maximum Gasteiger partial charge on any atom is 0.270 e. The molecule has 5 nitrogen and oxygen atoms in total. The molecule has 0 aromatic heterocycles. The van der Waals surface area contributed by atoms with Crippen molar-refractivity contribution in [3.8, 4) is 0 Å². The van der Waals surface area contributed by atoms with Gasteiger partial charge in [0.25, 0.3) is 12.1 Å². The number of nitrogens with one attached hydrogen (secondary N) is 1. The number of nitrogens with zero attached hydrogens (tertiary/aromatic N) is 2. The topological polar surface area (TPSA) is 58.4 Å². The summed E-state index contributed by atoms with van der Waals surface area (Å²) in [5.41, 5.74) is -0.241. The van der Waals surface area contributed by atoms with Gasteiger partial charge in [-0.1, -0.05) is 0 Å². The Bertz CT molecular complexity index is 476. The highest BCUT2D eigenvalue weighted by Crippen LogP contribution is 2.33. The first kappa shape index (κ1) is 13.7. The van der Waals surface area contributed by atoms with Gasteiger partial charge in [0.2, 0.25) is 0 Å². The molecule has 0 saturated carbocycles. The lowest BCUT2D eigenvalue weighted by molar-refractivity contribution is -0.385. The largest absolute Gasteiger partial charge is 0.370 e. The molecule has 1 unspecified atom stereocenters. The van der Waals surface area contributed by atoms with E-state index in [0.717, 1.165) is 25.6 Å². The molecule has 1 N–H and O–H groups in total. The molecule has 1 heterocycles. The highest BCUT2D eigenvalue weighted by atomic mass is 19.3. The fourth-order valence-corrected chi connectivity index (χ4v) is 2.32. The van der Waals surface area contributed by atoms with Crippen molar-refractivity contribution in [3.05, 3.63) is 33.9 Å². The van der Waals surface area contributed by atoms with Crippen LogP contribution in [0.5, 0.6) is 0 Å². The highest BCUT2D eigenvalue weighted by molar-refractivity contribution is 5.58. The second-order valence-electron chi connectivity index (χ2n) is 4.56. The Labute approximate surface area is 109 Å². The number of rotatable bonds is 4. The summed E-state index contributed by atoms with van der Waals surface area (Å²) in [6.07, 6.45) is -1.86. The van der Waals surface area contributed by atoms with Gasteiger partial charge in [0.15, 0.2) is 0 Å². The van der Waals surface area contributed by atoms with Gasteiger partial charge in [-0.15, -0.1) is 0 Å². The van der Waals surface area contributed by atoms with E-state index in [1.54, 1.807) is 11.9 Å². The Morgan fingerprint density at radius 3 is 2.79 bits per heavy atom. The quantitative estimate of drug-likeness (QED) is 0.674. The number of hydrogen-bond donors (Lipinski definition) is 1. The summed E-state index contributed by atoms with van der Waals surface area (Å²) in [5, 5.41) is 13.8. The minimum Gasteiger partial charge on any atom is -0.370 e. The van der Waals surface area contributed by atoms with Crippen molar-refractivity contribution in [2.45, 2.75) is 18.9 Å². The molecular weight excluding hydrogens is 256 g/mol. The van der Waals surface area contributed by atoms with E-state index in [9.17, 15) is 18.9 Å². The SMILES string of the molecule is CN(c1ccc([N+](=O)[O-])cc1C(F)F)C1CCNC1. The van der Waals surface area contributed by atoms with Gasteiger partial charge in [0, 0.05) is 43.0 Å². The second-order valence-corrected chi connectivity index (χ2v) is 4.56. The van der Waals surface area contributed by atoms with Crippen molar-refractivity contribution in [1.82, 2.24) is 5.32 Å². The minimum absolute atomic E-state index is 0.138. The summed E-state index contributed by atoms with van der Waals surface area (Å²) < 4.78 is 26.1. The molecule has 0 bridgehead atoms. The molecule has 1 saturated heterocycles. The van der Waals surface area contributed by atoms with Crippen LogP contribution in [0.25, 0.3) is 0 Å². The fraction of sp³-hybridized carbons (Fsp3) is 0.500. The Kier molecular flexibility index (Phi) is 3.94. The monoisotopic (exact) mass is 271 g/mol. The number of nitro groups is 1. The van der Waals surface area contributed by atoms with E-state index in [2.05, 4.69) is 5.32 Å². The first-order valence-corrected chi connectivity index (χ1v) is 6.00. The molecule has 19 heavy (non-hydrogen) atoms. The summed E-state index contributed by atoms with van der Waals surface area (Å²) >= 11 is 0. The van der Waals surface area contributed by atoms with Gasteiger partial charge in [-0.25, -0.2) is 8.78 Å². The molecule has 1 aliphatic heterocycles. The third-order valence-corrected chi connectivity index (χ3v) is 3.42. The molecule has 1 fully saturated rings. The lowest BCUT2D eigenvalue weighted by Gasteiger charge is -2.28. The molecule has 7 heteroatoms. The van der Waals surface area contributed by atoms with Gasteiger partial charge in [-0.05, 0) is 19.0 Å². The van der Waals surface area contributed by atoms with Crippen LogP contribution in [0, 0.1) is 10.1 Å². The summed E-state index contributed by atoms with van der Waals surface area (Å²) in [6.45, 7) is 1.59. The van der Waals surface area contributed by atoms with Crippen LogP contribution in [-0.2, 0) is 0 Å². The number of non-ortho nitro benzene ring substituents is 1. The lowest BCUT2D eigenvalue weighted by atomic mass is 10.1. The molecule has 0 aliphatic carbocycles. The van der Waals surface area contributed by atoms with E-state index in [4.69, 9.17) is 0 Å². The lowest BCUT2D eigenvalue weighted by Crippen LogP contribution is -2.34. The maximum atomic E-state index is 13.1. The van der Waals surface area contributed by atoms with Crippen LogP contribution in [0.3, 0.4) is 0 Å². The predicted molar refractivity (Wildman–Crippen MR) is 67.7 cm³/mol. The number of hydrogen-bond acceptors (Lipinski definition) is 4. The molecule has 104 valence electrons. The van der Waals surface area contributed by atoms with E-state index in [1.165, 1.54) is 12.1 Å². The van der Waals surface area contributed by atoms with Crippen LogP contribution in [0.15, 0.2) is 18.2 Å². The third-order valence-electron chi connectivity index (χ3n) is 3.42. The first-order valence-electron chi connectivity index (χ1n) is 6.00. The Morgan fingerprint density at radius 2 is 2.26 bits per heavy atom. The van der Waals surface area contributed by atoms with Crippen LogP contribution >= 0.6 is 0 Å². The summed E-state index contributed by atoms with van der Waals surface area (Å²) in [7, 11) is 1.74. The van der Waals surface area contributed by atoms with Crippen molar-refractivity contribution in [2.75, 3.05) is 25.0 Å². The molecule has 1 atom stereocenters. The molecule has 1 aromatic rings. The normalized spacial score (nSPS) is 18.8. The first-order chi connectivity index (χ1) is 9.00. The molecule has 1 aliphatic rings. The molecular formula is C12H15F2N3O2. The Morgan fingerprint density at radius 1 is 1.53 bits per heavy atom. The second kappa shape index (κ2) is 5.48. The van der Waals surface area contributed by atoms with Crippen LogP contribution in [-0.4, -0.2) is 31.1 Å². The van der Waals surface area contributed by atoms with Crippen molar-refractivity contribution >= 4 is 11.4 Å². The van der Waals surface area contributed by atoms with E-state index in [-0.39, 0.29) is 17.3 Å². The molecule has 1 aromatic carbocycles. The number of halogens is 2. The Balaban J connectivity index is 2.35. The van der Waals surface area contributed by atoms with E-state index in [1.807, 2.05) is 0 Å². The Hall–Kier alpha value is -1.76. The van der Waals surface area contributed by atoms with Crippen LogP contribution < -0.4 is 10.2 Å². The van der Waals surface area contributed by atoms with E-state index in [0.29, 0.717) is 5.69 Å². The molecule has 2 rings (SSSR count). The van der Waals surface area contributed by atoms with Crippen molar-refractivity contribution in [3.63, 3.8) is 0 Å².